The van der Waals surface area contributed by atoms with Crippen LogP contribution in [0.5, 0.6) is 0 Å². The normalized spacial score (nSPS) is 22.7. The standard InChI is InChI=1S/C19H18N6O2/c1-11-9-25(10-15(26-11)19-23-18(24-27-19)12-2-3-12)14-5-4-13(8-20)16-17(14)22-7-6-21-16/h4-7,11-12,15H,2-3,9-10H2,1H3/t11-,15?/m1/s1. The second-order valence-electron chi connectivity index (χ2n) is 7.10. The molecule has 2 atom stereocenters. The predicted octanol–water partition coefficient (Wildman–Crippen LogP) is 2.73. The summed E-state index contributed by atoms with van der Waals surface area (Å²) < 4.78 is 11.5. The highest BCUT2D eigenvalue weighted by atomic mass is 16.5. The molecule has 2 aromatic heterocycles. The first-order valence-electron chi connectivity index (χ1n) is 9.10. The molecule has 27 heavy (non-hydrogen) atoms. The summed E-state index contributed by atoms with van der Waals surface area (Å²) in [6.45, 7) is 3.31. The van der Waals surface area contributed by atoms with Gasteiger partial charge in [0.15, 0.2) is 11.9 Å². The largest absolute Gasteiger partial charge is 0.364 e. The van der Waals surface area contributed by atoms with Crippen LogP contribution in [0.15, 0.2) is 29.0 Å². The molecule has 1 saturated carbocycles. The van der Waals surface area contributed by atoms with E-state index in [0.29, 0.717) is 41.5 Å². The second kappa shape index (κ2) is 6.28. The molecule has 0 bridgehead atoms. The van der Waals surface area contributed by atoms with Gasteiger partial charge in [0.25, 0.3) is 5.89 Å². The molecule has 1 aromatic carbocycles. The average molecular weight is 362 g/mol. The zero-order valence-corrected chi connectivity index (χ0v) is 14.9. The van der Waals surface area contributed by atoms with Crippen molar-refractivity contribution in [3.63, 3.8) is 0 Å². The van der Waals surface area contributed by atoms with Crippen molar-refractivity contribution in [1.29, 1.82) is 5.26 Å². The summed E-state index contributed by atoms with van der Waals surface area (Å²) >= 11 is 0. The Kier molecular flexibility index (Phi) is 3.76. The Morgan fingerprint density at radius 2 is 1.96 bits per heavy atom. The van der Waals surface area contributed by atoms with Crippen LogP contribution in [0, 0.1) is 11.3 Å². The average Bonchev–Trinajstić information content (AvgIpc) is 3.43. The van der Waals surface area contributed by atoms with Gasteiger partial charge in [0.05, 0.1) is 23.9 Å². The molecular weight excluding hydrogens is 344 g/mol. The summed E-state index contributed by atoms with van der Waals surface area (Å²) in [6.07, 6.45) is 5.20. The number of ether oxygens (including phenoxy) is 1. The molecule has 2 aliphatic rings. The fraction of sp³-hybridized carbons (Fsp3) is 0.421. The van der Waals surface area contributed by atoms with Gasteiger partial charge in [-0.15, -0.1) is 0 Å². The number of nitrogens with zero attached hydrogens (tertiary/aromatic N) is 6. The second-order valence-corrected chi connectivity index (χ2v) is 7.10. The molecule has 8 heteroatoms. The van der Waals surface area contributed by atoms with Crippen LogP contribution in [0.3, 0.4) is 0 Å². The molecule has 8 nitrogen and oxygen atoms in total. The minimum Gasteiger partial charge on any atom is -0.364 e. The molecular formula is C19H18N6O2. The molecule has 0 N–H and O–H groups in total. The maximum Gasteiger partial charge on any atom is 0.257 e. The van der Waals surface area contributed by atoms with E-state index in [2.05, 4.69) is 31.1 Å². The number of aromatic nitrogens is 4. The van der Waals surface area contributed by atoms with E-state index in [1.807, 2.05) is 13.0 Å². The smallest absolute Gasteiger partial charge is 0.257 e. The first kappa shape index (κ1) is 16.1. The molecule has 0 amide bonds. The van der Waals surface area contributed by atoms with E-state index in [4.69, 9.17) is 9.26 Å². The zero-order valence-electron chi connectivity index (χ0n) is 14.9. The highest BCUT2D eigenvalue weighted by Gasteiger charge is 2.34. The molecule has 136 valence electrons. The number of rotatable bonds is 3. The maximum atomic E-state index is 9.34. The monoisotopic (exact) mass is 362 g/mol. The first-order chi connectivity index (χ1) is 13.2. The Hall–Kier alpha value is -3.05. The summed E-state index contributed by atoms with van der Waals surface area (Å²) in [5.74, 6) is 1.75. The van der Waals surface area contributed by atoms with Gasteiger partial charge in [-0.3, -0.25) is 9.97 Å². The lowest BCUT2D eigenvalue weighted by Crippen LogP contribution is -2.43. The number of fused-ring (bicyclic) bond motifs is 1. The van der Waals surface area contributed by atoms with Crippen molar-refractivity contribution >= 4 is 16.7 Å². The molecule has 0 spiro atoms. The van der Waals surface area contributed by atoms with Crippen LogP contribution in [0.25, 0.3) is 11.0 Å². The number of benzene rings is 1. The summed E-state index contributed by atoms with van der Waals surface area (Å²) in [7, 11) is 0. The number of hydrogen-bond acceptors (Lipinski definition) is 8. The van der Waals surface area contributed by atoms with E-state index >= 15 is 0 Å². The number of anilines is 1. The maximum absolute atomic E-state index is 9.34. The molecule has 3 aromatic rings. The van der Waals surface area contributed by atoms with Crippen LogP contribution in [0.2, 0.25) is 0 Å². The minimum atomic E-state index is -0.295. The van der Waals surface area contributed by atoms with E-state index in [1.165, 1.54) is 0 Å². The molecule has 3 heterocycles. The summed E-state index contributed by atoms with van der Waals surface area (Å²) in [5.41, 5.74) is 2.78. The number of morpholine rings is 1. The lowest BCUT2D eigenvalue weighted by molar-refractivity contribution is -0.0330. The van der Waals surface area contributed by atoms with Gasteiger partial charge in [0, 0.05) is 24.9 Å². The quantitative estimate of drug-likeness (QED) is 0.701. The van der Waals surface area contributed by atoms with Crippen molar-refractivity contribution < 1.29 is 9.26 Å². The van der Waals surface area contributed by atoms with E-state index in [1.54, 1.807) is 18.5 Å². The van der Waals surface area contributed by atoms with E-state index < -0.39 is 0 Å². The fourth-order valence-corrected chi connectivity index (χ4v) is 3.56. The van der Waals surface area contributed by atoms with Gasteiger partial charge in [-0.2, -0.15) is 10.2 Å². The van der Waals surface area contributed by atoms with Crippen LogP contribution in [0.1, 0.15) is 49.1 Å². The van der Waals surface area contributed by atoms with Gasteiger partial charge in [-0.1, -0.05) is 5.16 Å². The zero-order chi connectivity index (χ0) is 18.4. The third-order valence-electron chi connectivity index (χ3n) is 5.00. The molecule has 5 rings (SSSR count). The third kappa shape index (κ3) is 2.90. The Morgan fingerprint density at radius 1 is 1.15 bits per heavy atom. The van der Waals surface area contributed by atoms with E-state index in [-0.39, 0.29) is 12.2 Å². The van der Waals surface area contributed by atoms with Crippen LogP contribution >= 0.6 is 0 Å². The SMILES string of the molecule is C[C@@H]1CN(c2ccc(C#N)c3nccnc23)CC(c2nc(C3CC3)no2)O1. The first-order valence-corrected chi connectivity index (χ1v) is 9.10. The van der Waals surface area contributed by atoms with Gasteiger partial charge in [-0.05, 0) is 31.9 Å². The third-order valence-corrected chi connectivity index (χ3v) is 5.00. The lowest BCUT2D eigenvalue weighted by Gasteiger charge is -2.37. The molecule has 1 aliphatic heterocycles. The Morgan fingerprint density at radius 3 is 2.74 bits per heavy atom. The van der Waals surface area contributed by atoms with Gasteiger partial charge in [0.2, 0.25) is 0 Å². The van der Waals surface area contributed by atoms with Gasteiger partial charge < -0.3 is 14.2 Å². The number of hydrogen-bond donors (Lipinski definition) is 0. The Bertz CT molecular complexity index is 1040. The van der Waals surface area contributed by atoms with Crippen molar-refractivity contribution in [3.8, 4) is 6.07 Å². The fourth-order valence-electron chi connectivity index (χ4n) is 3.56. The Balaban J connectivity index is 1.49. The van der Waals surface area contributed by atoms with Crippen molar-refractivity contribution in [1.82, 2.24) is 20.1 Å². The van der Waals surface area contributed by atoms with Crippen LogP contribution in [-0.2, 0) is 4.74 Å². The van der Waals surface area contributed by atoms with Gasteiger partial charge >= 0.3 is 0 Å². The minimum absolute atomic E-state index is 0.0117. The molecule has 1 aliphatic carbocycles. The van der Waals surface area contributed by atoms with Crippen molar-refractivity contribution in [2.24, 2.45) is 0 Å². The van der Waals surface area contributed by atoms with Gasteiger partial charge in [-0.25, -0.2) is 0 Å². The van der Waals surface area contributed by atoms with Crippen LogP contribution in [0.4, 0.5) is 5.69 Å². The van der Waals surface area contributed by atoms with Crippen LogP contribution < -0.4 is 4.90 Å². The van der Waals surface area contributed by atoms with E-state index in [0.717, 1.165) is 24.4 Å². The molecule has 2 fully saturated rings. The lowest BCUT2D eigenvalue weighted by atomic mass is 10.1. The van der Waals surface area contributed by atoms with Gasteiger partial charge in [0.1, 0.15) is 17.1 Å². The molecule has 1 unspecified atom stereocenters. The Labute approximate surface area is 155 Å². The molecule has 1 saturated heterocycles. The van der Waals surface area contributed by atoms with Crippen molar-refractivity contribution in [2.75, 3.05) is 18.0 Å². The topological polar surface area (TPSA) is 101 Å². The van der Waals surface area contributed by atoms with Crippen molar-refractivity contribution in [3.05, 3.63) is 41.8 Å². The van der Waals surface area contributed by atoms with Crippen LogP contribution in [-0.4, -0.2) is 39.3 Å². The van der Waals surface area contributed by atoms with E-state index in [9.17, 15) is 5.26 Å². The predicted molar refractivity (Wildman–Crippen MR) is 96.0 cm³/mol. The highest BCUT2D eigenvalue weighted by Crippen LogP contribution is 2.39. The summed E-state index contributed by atoms with van der Waals surface area (Å²) in [4.78, 5) is 15.6. The van der Waals surface area contributed by atoms with Crippen molar-refractivity contribution in [2.45, 2.75) is 37.9 Å². The summed E-state index contributed by atoms with van der Waals surface area (Å²) in [5, 5.41) is 13.4. The molecule has 0 radical (unpaired) electrons. The highest BCUT2D eigenvalue weighted by molar-refractivity contribution is 5.92. The number of nitriles is 1. The summed E-state index contributed by atoms with van der Waals surface area (Å²) in [6, 6.07) is 5.90.